The quantitative estimate of drug-likeness (QED) is 0.784. The Labute approximate surface area is 141 Å². The second-order valence-electron chi connectivity index (χ2n) is 6.62. The summed E-state index contributed by atoms with van der Waals surface area (Å²) in [4.78, 5) is 22.4. The molecule has 2 aromatic heterocycles. The van der Waals surface area contributed by atoms with Gasteiger partial charge in [-0.1, -0.05) is 24.3 Å². The molecule has 0 amide bonds. The van der Waals surface area contributed by atoms with E-state index in [-0.39, 0.29) is 5.56 Å². The molecule has 1 saturated carbocycles. The number of rotatable bonds is 5. The molecule has 4 heteroatoms. The minimum Gasteiger partial charge on any atom is -0.321 e. The molecule has 0 atom stereocenters. The molecule has 3 aromatic rings. The fraction of sp³-hybridized carbons (Fsp3) is 0.300. The summed E-state index contributed by atoms with van der Waals surface area (Å²) < 4.78 is 0. The van der Waals surface area contributed by atoms with Crippen LogP contribution in [0, 0.1) is 6.92 Å². The SMILES string of the molecule is Cc1cccc2cc(CN(Cc3ccccn3)C3CC3)c(=O)[nH]c12. The van der Waals surface area contributed by atoms with Gasteiger partial charge in [0.05, 0.1) is 11.2 Å². The molecule has 1 N–H and O–H groups in total. The monoisotopic (exact) mass is 319 g/mol. The summed E-state index contributed by atoms with van der Waals surface area (Å²) in [5.74, 6) is 0. The molecule has 1 aromatic carbocycles. The lowest BCUT2D eigenvalue weighted by Crippen LogP contribution is -2.29. The number of aromatic nitrogens is 2. The van der Waals surface area contributed by atoms with Crippen molar-refractivity contribution in [2.45, 2.75) is 38.9 Å². The molecular formula is C20H21N3O. The van der Waals surface area contributed by atoms with E-state index in [1.807, 2.05) is 49.5 Å². The fourth-order valence-electron chi connectivity index (χ4n) is 3.22. The molecule has 122 valence electrons. The largest absolute Gasteiger partial charge is 0.321 e. The van der Waals surface area contributed by atoms with Crippen LogP contribution in [-0.4, -0.2) is 20.9 Å². The third-order valence-electron chi connectivity index (χ3n) is 4.69. The Kier molecular flexibility index (Phi) is 3.90. The fourth-order valence-corrected chi connectivity index (χ4v) is 3.22. The van der Waals surface area contributed by atoms with Gasteiger partial charge in [-0.2, -0.15) is 0 Å². The zero-order chi connectivity index (χ0) is 16.5. The molecule has 4 nitrogen and oxygen atoms in total. The normalized spacial score (nSPS) is 14.4. The number of pyridine rings is 2. The number of hydrogen-bond donors (Lipinski definition) is 1. The summed E-state index contributed by atoms with van der Waals surface area (Å²) in [6.45, 7) is 3.48. The van der Waals surface area contributed by atoms with Crippen molar-refractivity contribution in [1.82, 2.24) is 14.9 Å². The number of H-pyrrole nitrogens is 1. The summed E-state index contributed by atoms with van der Waals surface area (Å²) in [7, 11) is 0. The molecule has 2 heterocycles. The van der Waals surface area contributed by atoms with Gasteiger partial charge in [-0.15, -0.1) is 0 Å². The van der Waals surface area contributed by atoms with Gasteiger partial charge in [0, 0.05) is 30.9 Å². The van der Waals surface area contributed by atoms with Gasteiger partial charge in [0.25, 0.3) is 5.56 Å². The smallest absolute Gasteiger partial charge is 0.252 e. The van der Waals surface area contributed by atoms with Gasteiger partial charge < -0.3 is 4.98 Å². The minimum absolute atomic E-state index is 0.0171. The Bertz CT molecular complexity index is 913. The van der Waals surface area contributed by atoms with E-state index in [1.165, 1.54) is 12.8 Å². The third kappa shape index (κ3) is 3.10. The van der Waals surface area contributed by atoms with Crippen LogP contribution in [0.5, 0.6) is 0 Å². The Balaban J connectivity index is 1.64. The van der Waals surface area contributed by atoms with Gasteiger partial charge in [-0.25, -0.2) is 0 Å². The Morgan fingerprint density at radius 2 is 2.04 bits per heavy atom. The molecule has 24 heavy (non-hydrogen) atoms. The van der Waals surface area contributed by atoms with E-state index >= 15 is 0 Å². The summed E-state index contributed by atoms with van der Waals surface area (Å²) in [5, 5.41) is 1.10. The number of benzene rings is 1. The van der Waals surface area contributed by atoms with Crippen LogP contribution in [0.1, 0.15) is 29.7 Å². The lowest BCUT2D eigenvalue weighted by molar-refractivity contribution is 0.242. The van der Waals surface area contributed by atoms with Gasteiger partial charge in [0.1, 0.15) is 0 Å². The van der Waals surface area contributed by atoms with Gasteiger partial charge in [0.15, 0.2) is 0 Å². The second-order valence-corrected chi connectivity index (χ2v) is 6.62. The van der Waals surface area contributed by atoms with Crippen molar-refractivity contribution in [3.63, 3.8) is 0 Å². The lowest BCUT2D eigenvalue weighted by Gasteiger charge is -2.21. The van der Waals surface area contributed by atoms with Crippen LogP contribution in [0.2, 0.25) is 0 Å². The second kappa shape index (κ2) is 6.21. The number of aryl methyl sites for hydroxylation is 1. The maximum absolute atomic E-state index is 12.5. The molecule has 0 saturated heterocycles. The summed E-state index contributed by atoms with van der Waals surface area (Å²) >= 11 is 0. The van der Waals surface area contributed by atoms with E-state index in [4.69, 9.17) is 0 Å². The van der Waals surface area contributed by atoms with Crippen molar-refractivity contribution >= 4 is 10.9 Å². The number of fused-ring (bicyclic) bond motifs is 1. The van der Waals surface area contributed by atoms with Crippen LogP contribution < -0.4 is 5.56 Å². The molecular weight excluding hydrogens is 298 g/mol. The average molecular weight is 319 g/mol. The first-order valence-corrected chi connectivity index (χ1v) is 8.46. The van der Waals surface area contributed by atoms with Gasteiger partial charge in [-0.05, 0) is 48.9 Å². The van der Waals surface area contributed by atoms with E-state index in [0.29, 0.717) is 12.6 Å². The van der Waals surface area contributed by atoms with E-state index in [1.54, 1.807) is 0 Å². The van der Waals surface area contributed by atoms with Crippen LogP contribution in [-0.2, 0) is 13.1 Å². The molecule has 1 aliphatic rings. The Morgan fingerprint density at radius 3 is 2.79 bits per heavy atom. The molecule has 0 bridgehead atoms. The van der Waals surface area contributed by atoms with Crippen molar-refractivity contribution in [3.05, 3.63) is 75.8 Å². The predicted molar refractivity (Wildman–Crippen MR) is 95.8 cm³/mol. The van der Waals surface area contributed by atoms with Crippen LogP contribution >= 0.6 is 0 Å². The number of aromatic amines is 1. The molecule has 0 aliphatic heterocycles. The van der Waals surface area contributed by atoms with E-state index < -0.39 is 0 Å². The van der Waals surface area contributed by atoms with E-state index in [9.17, 15) is 4.79 Å². The average Bonchev–Trinajstić information content (AvgIpc) is 3.42. The maximum atomic E-state index is 12.5. The Hall–Kier alpha value is -2.46. The number of para-hydroxylation sites is 1. The van der Waals surface area contributed by atoms with Crippen molar-refractivity contribution in [2.75, 3.05) is 0 Å². The lowest BCUT2D eigenvalue weighted by atomic mass is 10.1. The zero-order valence-corrected chi connectivity index (χ0v) is 13.8. The molecule has 0 radical (unpaired) electrons. The Morgan fingerprint density at radius 1 is 1.17 bits per heavy atom. The number of hydrogen-bond acceptors (Lipinski definition) is 3. The van der Waals surface area contributed by atoms with E-state index in [0.717, 1.165) is 34.3 Å². The van der Waals surface area contributed by atoms with Crippen LogP contribution in [0.3, 0.4) is 0 Å². The third-order valence-corrected chi connectivity index (χ3v) is 4.69. The molecule has 4 rings (SSSR count). The molecule has 1 aliphatic carbocycles. The first-order valence-electron chi connectivity index (χ1n) is 8.46. The summed E-state index contributed by atoms with van der Waals surface area (Å²) in [5.41, 5.74) is 3.94. The standard InChI is InChI=1S/C20H21N3O/c1-14-5-4-6-15-11-16(20(24)22-19(14)15)12-23(18-8-9-18)13-17-7-2-3-10-21-17/h2-7,10-11,18H,8-9,12-13H2,1H3,(H,22,24). The van der Waals surface area contributed by atoms with Crippen LogP contribution in [0.25, 0.3) is 10.9 Å². The summed E-state index contributed by atoms with van der Waals surface area (Å²) in [6.07, 6.45) is 4.24. The topological polar surface area (TPSA) is 49.0 Å². The van der Waals surface area contributed by atoms with Gasteiger partial charge in [0.2, 0.25) is 0 Å². The van der Waals surface area contributed by atoms with Crippen LogP contribution in [0.15, 0.2) is 53.5 Å². The molecule has 0 spiro atoms. The highest BCUT2D eigenvalue weighted by Crippen LogP contribution is 2.29. The first kappa shape index (κ1) is 15.1. The van der Waals surface area contributed by atoms with Gasteiger partial charge >= 0.3 is 0 Å². The first-order chi connectivity index (χ1) is 11.7. The number of nitrogens with one attached hydrogen (secondary N) is 1. The van der Waals surface area contributed by atoms with Crippen molar-refractivity contribution in [1.29, 1.82) is 0 Å². The highest BCUT2D eigenvalue weighted by molar-refractivity contribution is 5.81. The van der Waals surface area contributed by atoms with E-state index in [2.05, 4.69) is 20.9 Å². The van der Waals surface area contributed by atoms with Crippen molar-refractivity contribution in [3.8, 4) is 0 Å². The molecule has 1 fully saturated rings. The highest BCUT2D eigenvalue weighted by atomic mass is 16.1. The zero-order valence-electron chi connectivity index (χ0n) is 13.8. The minimum atomic E-state index is 0.0171. The predicted octanol–water partition coefficient (Wildman–Crippen LogP) is 3.40. The maximum Gasteiger partial charge on any atom is 0.252 e. The number of nitrogens with zero attached hydrogens (tertiary/aromatic N) is 2. The highest BCUT2D eigenvalue weighted by Gasteiger charge is 2.29. The summed E-state index contributed by atoms with van der Waals surface area (Å²) in [6, 6.07) is 14.7. The van der Waals surface area contributed by atoms with Crippen molar-refractivity contribution < 1.29 is 0 Å². The van der Waals surface area contributed by atoms with Crippen molar-refractivity contribution in [2.24, 2.45) is 0 Å². The molecule has 0 unspecified atom stereocenters. The van der Waals surface area contributed by atoms with Crippen LogP contribution in [0.4, 0.5) is 0 Å². The van der Waals surface area contributed by atoms with Gasteiger partial charge in [-0.3, -0.25) is 14.7 Å².